The van der Waals surface area contributed by atoms with Gasteiger partial charge in [-0.25, -0.2) is 4.68 Å². The van der Waals surface area contributed by atoms with Crippen molar-refractivity contribution in [2.45, 2.75) is 38.6 Å². The molecule has 6 nitrogen and oxygen atoms in total. The highest BCUT2D eigenvalue weighted by atomic mass is 16.2. The first kappa shape index (κ1) is 15.2. The van der Waals surface area contributed by atoms with Gasteiger partial charge < -0.3 is 5.32 Å². The normalized spacial score (nSPS) is 12.0. The van der Waals surface area contributed by atoms with E-state index in [0.29, 0.717) is 13.0 Å². The minimum absolute atomic E-state index is 0.0396. The van der Waals surface area contributed by atoms with Crippen LogP contribution in [0.15, 0.2) is 36.7 Å². The summed E-state index contributed by atoms with van der Waals surface area (Å²) in [4.78, 5) is 12.4. The van der Waals surface area contributed by atoms with Gasteiger partial charge in [-0.15, -0.1) is 5.10 Å². The number of nitrogens with one attached hydrogen (secondary N) is 1. The van der Waals surface area contributed by atoms with Crippen LogP contribution in [0.5, 0.6) is 0 Å². The lowest BCUT2D eigenvalue weighted by Crippen LogP contribution is -2.34. The number of carbonyl (C=O) groups excluding carboxylic acids is 1. The monoisotopic (exact) mass is 287 g/mol. The van der Waals surface area contributed by atoms with Gasteiger partial charge in [-0.3, -0.25) is 4.79 Å². The Labute approximate surface area is 124 Å². The van der Waals surface area contributed by atoms with Crippen molar-refractivity contribution in [3.63, 3.8) is 0 Å². The van der Waals surface area contributed by atoms with Gasteiger partial charge in [-0.1, -0.05) is 50.1 Å². The lowest BCUT2D eigenvalue weighted by Gasteiger charge is -2.16. The van der Waals surface area contributed by atoms with Crippen molar-refractivity contribution >= 4 is 5.91 Å². The van der Waals surface area contributed by atoms with Crippen LogP contribution in [0.4, 0.5) is 0 Å². The highest BCUT2D eigenvalue weighted by Gasteiger charge is 2.21. The quantitative estimate of drug-likeness (QED) is 0.751. The minimum atomic E-state index is -0.413. The van der Waals surface area contributed by atoms with Gasteiger partial charge in [0.1, 0.15) is 12.4 Å². The van der Waals surface area contributed by atoms with Crippen LogP contribution in [-0.4, -0.2) is 32.7 Å². The molecular weight excluding hydrogens is 266 g/mol. The topological polar surface area (TPSA) is 72.7 Å². The largest absolute Gasteiger partial charge is 0.354 e. The summed E-state index contributed by atoms with van der Waals surface area (Å²) >= 11 is 0. The Hall–Kier alpha value is -2.24. The van der Waals surface area contributed by atoms with E-state index in [0.717, 1.165) is 24.8 Å². The molecule has 0 aliphatic rings. The van der Waals surface area contributed by atoms with Gasteiger partial charge in [-0.05, 0) is 22.4 Å². The number of hydrogen-bond donors (Lipinski definition) is 1. The Balaban J connectivity index is 2.01. The summed E-state index contributed by atoms with van der Waals surface area (Å²) in [6, 6.07) is 9.48. The van der Waals surface area contributed by atoms with E-state index in [9.17, 15) is 4.79 Å². The Bertz CT molecular complexity index is 526. The number of carbonyl (C=O) groups is 1. The summed E-state index contributed by atoms with van der Waals surface area (Å²) < 4.78 is 1.52. The average molecular weight is 287 g/mol. The summed E-state index contributed by atoms with van der Waals surface area (Å²) in [6.45, 7) is 2.83. The first-order chi connectivity index (χ1) is 10.3. The number of hydrogen-bond acceptors (Lipinski definition) is 4. The second-order valence-corrected chi connectivity index (χ2v) is 4.99. The smallest absolute Gasteiger partial charge is 0.245 e. The maximum Gasteiger partial charge on any atom is 0.245 e. The van der Waals surface area contributed by atoms with Crippen LogP contribution in [-0.2, 0) is 11.2 Å². The van der Waals surface area contributed by atoms with E-state index in [1.54, 1.807) is 0 Å². The van der Waals surface area contributed by atoms with Crippen molar-refractivity contribution < 1.29 is 4.79 Å². The molecule has 1 aromatic heterocycles. The molecule has 6 heteroatoms. The fourth-order valence-corrected chi connectivity index (χ4v) is 2.16. The standard InChI is InChI=1S/C15H21N5O/c1-2-3-7-10-16-15(21)14(20-12-17-18-19-20)11-13-8-5-4-6-9-13/h4-6,8-9,12,14H,2-3,7,10-11H2,1H3,(H,16,21). The van der Waals surface area contributed by atoms with Gasteiger partial charge in [0.15, 0.2) is 0 Å². The number of unbranched alkanes of at least 4 members (excludes halogenated alkanes) is 2. The molecular formula is C15H21N5O. The Morgan fingerprint density at radius 2 is 2.10 bits per heavy atom. The van der Waals surface area contributed by atoms with Crippen LogP contribution in [0.25, 0.3) is 0 Å². The van der Waals surface area contributed by atoms with Crippen molar-refractivity contribution in [1.29, 1.82) is 0 Å². The van der Waals surface area contributed by atoms with Gasteiger partial charge in [0.05, 0.1) is 0 Å². The third-order valence-electron chi connectivity index (χ3n) is 3.34. The molecule has 0 aliphatic carbocycles. The lowest BCUT2D eigenvalue weighted by molar-refractivity contribution is -0.124. The van der Waals surface area contributed by atoms with Crippen LogP contribution < -0.4 is 5.32 Å². The Kier molecular flexibility index (Phi) is 5.87. The highest BCUT2D eigenvalue weighted by molar-refractivity contribution is 5.80. The third kappa shape index (κ3) is 4.66. The third-order valence-corrected chi connectivity index (χ3v) is 3.34. The van der Waals surface area contributed by atoms with E-state index in [-0.39, 0.29) is 5.91 Å². The van der Waals surface area contributed by atoms with E-state index in [2.05, 4.69) is 27.8 Å². The van der Waals surface area contributed by atoms with Crippen LogP contribution in [0.1, 0.15) is 37.8 Å². The molecule has 0 saturated carbocycles. The Morgan fingerprint density at radius 3 is 2.76 bits per heavy atom. The fraction of sp³-hybridized carbons (Fsp3) is 0.467. The maximum atomic E-state index is 12.4. The van der Waals surface area contributed by atoms with Crippen molar-refractivity contribution in [1.82, 2.24) is 25.5 Å². The van der Waals surface area contributed by atoms with Crippen LogP contribution in [0.3, 0.4) is 0 Å². The fourth-order valence-electron chi connectivity index (χ4n) is 2.16. The number of rotatable bonds is 8. The first-order valence-electron chi connectivity index (χ1n) is 7.35. The summed E-state index contributed by atoms with van der Waals surface area (Å²) in [5, 5.41) is 14.1. The van der Waals surface area contributed by atoms with Gasteiger partial charge in [0.25, 0.3) is 0 Å². The van der Waals surface area contributed by atoms with Crippen LogP contribution >= 0.6 is 0 Å². The molecule has 1 aromatic carbocycles. The summed E-state index contributed by atoms with van der Waals surface area (Å²) in [5.41, 5.74) is 1.08. The van der Waals surface area contributed by atoms with E-state index in [4.69, 9.17) is 0 Å². The molecule has 0 bridgehead atoms. The van der Waals surface area contributed by atoms with Crippen LogP contribution in [0.2, 0.25) is 0 Å². The maximum absolute atomic E-state index is 12.4. The van der Waals surface area contributed by atoms with E-state index in [1.807, 2.05) is 30.3 Å². The minimum Gasteiger partial charge on any atom is -0.354 e. The molecule has 1 unspecified atom stereocenters. The van der Waals surface area contributed by atoms with E-state index >= 15 is 0 Å². The molecule has 0 aliphatic heterocycles. The Morgan fingerprint density at radius 1 is 1.29 bits per heavy atom. The van der Waals surface area contributed by atoms with Crippen LogP contribution in [0, 0.1) is 0 Å². The van der Waals surface area contributed by atoms with Crippen molar-refractivity contribution in [2.75, 3.05) is 6.54 Å². The molecule has 0 radical (unpaired) electrons. The second kappa shape index (κ2) is 8.14. The lowest BCUT2D eigenvalue weighted by atomic mass is 10.1. The van der Waals surface area contributed by atoms with Crippen molar-refractivity contribution in [3.05, 3.63) is 42.2 Å². The predicted molar refractivity (Wildman–Crippen MR) is 79.5 cm³/mol. The second-order valence-electron chi connectivity index (χ2n) is 4.99. The number of tetrazole rings is 1. The van der Waals surface area contributed by atoms with E-state index < -0.39 is 6.04 Å². The van der Waals surface area contributed by atoms with Gasteiger partial charge in [0, 0.05) is 13.0 Å². The molecule has 112 valence electrons. The zero-order chi connectivity index (χ0) is 14.9. The first-order valence-corrected chi connectivity index (χ1v) is 7.35. The molecule has 1 amide bonds. The molecule has 2 rings (SSSR count). The van der Waals surface area contributed by atoms with Gasteiger partial charge in [0.2, 0.25) is 5.91 Å². The number of nitrogens with zero attached hydrogens (tertiary/aromatic N) is 4. The van der Waals surface area contributed by atoms with Gasteiger partial charge >= 0.3 is 0 Å². The number of aromatic nitrogens is 4. The summed E-state index contributed by atoms with van der Waals surface area (Å²) in [6.07, 6.45) is 5.31. The molecule has 21 heavy (non-hydrogen) atoms. The molecule has 1 N–H and O–H groups in total. The van der Waals surface area contributed by atoms with Crippen molar-refractivity contribution in [2.24, 2.45) is 0 Å². The molecule has 0 fully saturated rings. The number of benzene rings is 1. The molecule has 0 spiro atoms. The van der Waals surface area contributed by atoms with Gasteiger partial charge in [-0.2, -0.15) is 0 Å². The highest BCUT2D eigenvalue weighted by Crippen LogP contribution is 2.13. The number of amides is 1. The zero-order valence-corrected chi connectivity index (χ0v) is 12.3. The SMILES string of the molecule is CCCCCNC(=O)C(Cc1ccccc1)n1cnnn1. The summed E-state index contributed by atoms with van der Waals surface area (Å²) in [5.74, 6) is -0.0396. The molecule has 1 atom stereocenters. The molecule has 0 saturated heterocycles. The van der Waals surface area contributed by atoms with E-state index in [1.165, 1.54) is 11.0 Å². The van der Waals surface area contributed by atoms with Crippen molar-refractivity contribution in [3.8, 4) is 0 Å². The molecule has 2 aromatic rings. The zero-order valence-electron chi connectivity index (χ0n) is 12.3. The molecule has 1 heterocycles. The summed E-state index contributed by atoms with van der Waals surface area (Å²) in [7, 11) is 0. The predicted octanol–water partition coefficient (Wildman–Crippen LogP) is 1.76. The average Bonchev–Trinajstić information content (AvgIpc) is 3.04.